The van der Waals surface area contributed by atoms with Gasteiger partial charge in [0, 0.05) is 0 Å². The average Bonchev–Trinajstić information content (AvgIpc) is 2.30. The molecule has 0 saturated heterocycles. The van der Waals surface area contributed by atoms with Crippen molar-refractivity contribution in [1.29, 1.82) is 0 Å². The van der Waals surface area contributed by atoms with E-state index in [1.54, 1.807) is 24.3 Å². The summed E-state index contributed by atoms with van der Waals surface area (Å²) in [7, 11) is 0. The van der Waals surface area contributed by atoms with E-state index in [0.29, 0.717) is 6.61 Å². The summed E-state index contributed by atoms with van der Waals surface area (Å²) in [5.41, 5.74) is 0.948. The molecule has 0 heterocycles. The van der Waals surface area contributed by atoms with Crippen LogP contribution in [0.15, 0.2) is 48.5 Å². The quantitative estimate of drug-likeness (QED) is 0.741. The molecule has 1 radical (unpaired) electrons. The first-order valence-corrected chi connectivity index (χ1v) is 4.68. The maximum Gasteiger partial charge on any atom is 0.123 e. The van der Waals surface area contributed by atoms with Gasteiger partial charge in [-0.15, -0.1) is 0 Å². The third-order valence-electron chi connectivity index (χ3n) is 2.01. The molecule has 0 unspecified atom stereocenters. The zero-order valence-electron chi connectivity index (χ0n) is 8.11. The van der Waals surface area contributed by atoms with Crippen LogP contribution in [0.2, 0.25) is 0 Å². The van der Waals surface area contributed by atoms with Crippen molar-refractivity contribution in [1.82, 2.24) is 0 Å². The summed E-state index contributed by atoms with van der Waals surface area (Å²) < 4.78 is 18.1. The van der Waals surface area contributed by atoms with E-state index in [4.69, 9.17) is 4.74 Å². The Labute approximate surface area is 88.1 Å². The van der Waals surface area contributed by atoms with Crippen molar-refractivity contribution < 1.29 is 9.13 Å². The van der Waals surface area contributed by atoms with Gasteiger partial charge in [0.15, 0.2) is 0 Å². The largest absolute Gasteiger partial charge is 0.489 e. The van der Waals surface area contributed by atoms with Crippen LogP contribution < -0.4 is 4.74 Å². The Morgan fingerprint density at radius 2 is 1.67 bits per heavy atom. The lowest BCUT2D eigenvalue weighted by Gasteiger charge is -2.05. The molecule has 0 atom stereocenters. The van der Waals surface area contributed by atoms with Gasteiger partial charge in [0.25, 0.3) is 0 Å². The molecule has 0 aliphatic carbocycles. The number of halogens is 1. The Balaban J connectivity index is 1.96. The molecule has 0 aromatic heterocycles. The third-order valence-corrected chi connectivity index (χ3v) is 2.01. The Kier molecular flexibility index (Phi) is 2.98. The molecule has 0 saturated carbocycles. The lowest BCUT2D eigenvalue weighted by molar-refractivity contribution is 0.306. The topological polar surface area (TPSA) is 9.23 Å². The van der Waals surface area contributed by atoms with Crippen molar-refractivity contribution in [2.75, 3.05) is 0 Å². The first-order valence-electron chi connectivity index (χ1n) is 4.68. The zero-order chi connectivity index (χ0) is 10.5. The normalized spacial score (nSPS) is 9.93. The molecule has 0 N–H and O–H groups in total. The Hall–Kier alpha value is -1.83. The summed E-state index contributed by atoms with van der Waals surface area (Å²) in [6, 6.07) is 16.4. The van der Waals surface area contributed by atoms with Gasteiger partial charge in [-0.3, -0.25) is 0 Å². The fourth-order valence-corrected chi connectivity index (χ4v) is 1.22. The van der Waals surface area contributed by atoms with Crippen molar-refractivity contribution >= 4 is 0 Å². The van der Waals surface area contributed by atoms with Crippen LogP contribution in [0.4, 0.5) is 4.39 Å². The summed E-state index contributed by atoms with van der Waals surface area (Å²) >= 11 is 0. The maximum atomic E-state index is 12.6. The maximum absolute atomic E-state index is 12.6. The molecule has 15 heavy (non-hydrogen) atoms. The molecule has 0 aliphatic heterocycles. The van der Waals surface area contributed by atoms with Gasteiger partial charge >= 0.3 is 0 Å². The molecule has 2 aromatic rings. The zero-order valence-corrected chi connectivity index (χ0v) is 8.11. The number of hydrogen-bond acceptors (Lipinski definition) is 1. The SMILES string of the molecule is Fc1ccc(COc2cc[c]cc2)cc1. The van der Waals surface area contributed by atoms with Gasteiger partial charge < -0.3 is 4.74 Å². The van der Waals surface area contributed by atoms with E-state index in [-0.39, 0.29) is 5.82 Å². The second-order valence-corrected chi connectivity index (χ2v) is 3.15. The van der Waals surface area contributed by atoms with E-state index in [2.05, 4.69) is 6.07 Å². The van der Waals surface area contributed by atoms with Crippen LogP contribution in [0.25, 0.3) is 0 Å². The first kappa shape index (κ1) is 9.71. The van der Waals surface area contributed by atoms with E-state index < -0.39 is 0 Å². The summed E-state index contributed by atoms with van der Waals surface area (Å²) in [6.45, 7) is 0.449. The van der Waals surface area contributed by atoms with Crippen molar-refractivity contribution in [2.24, 2.45) is 0 Å². The summed E-state index contributed by atoms with van der Waals surface area (Å²) in [6.07, 6.45) is 0. The Morgan fingerprint density at radius 1 is 1.00 bits per heavy atom. The lowest BCUT2D eigenvalue weighted by Crippen LogP contribution is -1.94. The molecule has 0 spiro atoms. The highest BCUT2D eigenvalue weighted by atomic mass is 19.1. The molecular weight excluding hydrogens is 191 g/mol. The second-order valence-electron chi connectivity index (χ2n) is 3.15. The van der Waals surface area contributed by atoms with Gasteiger partial charge in [-0.2, -0.15) is 0 Å². The summed E-state index contributed by atoms with van der Waals surface area (Å²) in [5.74, 6) is 0.561. The number of ether oxygens (including phenoxy) is 1. The van der Waals surface area contributed by atoms with Crippen molar-refractivity contribution in [3.63, 3.8) is 0 Å². The van der Waals surface area contributed by atoms with Crippen LogP contribution in [0.1, 0.15) is 5.56 Å². The lowest BCUT2D eigenvalue weighted by atomic mass is 10.2. The van der Waals surface area contributed by atoms with Crippen LogP contribution >= 0.6 is 0 Å². The highest BCUT2D eigenvalue weighted by Crippen LogP contribution is 2.11. The predicted octanol–water partition coefficient (Wildman–Crippen LogP) is 3.20. The van der Waals surface area contributed by atoms with Gasteiger partial charge in [-0.1, -0.05) is 24.3 Å². The third kappa shape index (κ3) is 2.81. The van der Waals surface area contributed by atoms with Crippen molar-refractivity contribution in [3.8, 4) is 5.75 Å². The fraction of sp³-hybridized carbons (Fsp3) is 0.0769. The van der Waals surface area contributed by atoms with Gasteiger partial charge in [0.2, 0.25) is 0 Å². The van der Waals surface area contributed by atoms with Gasteiger partial charge in [-0.05, 0) is 35.9 Å². The molecule has 2 aromatic carbocycles. The fourth-order valence-electron chi connectivity index (χ4n) is 1.22. The van der Waals surface area contributed by atoms with Crippen LogP contribution in [0, 0.1) is 11.9 Å². The minimum atomic E-state index is -0.229. The Bertz CT molecular complexity index is 408. The van der Waals surface area contributed by atoms with E-state index in [0.717, 1.165) is 11.3 Å². The highest BCUT2D eigenvalue weighted by molar-refractivity contribution is 5.22. The Morgan fingerprint density at radius 3 is 2.33 bits per heavy atom. The van der Waals surface area contributed by atoms with E-state index in [1.807, 2.05) is 12.1 Å². The highest BCUT2D eigenvalue weighted by Gasteiger charge is 1.95. The van der Waals surface area contributed by atoms with Gasteiger partial charge in [0.1, 0.15) is 18.2 Å². The van der Waals surface area contributed by atoms with Crippen LogP contribution in [-0.4, -0.2) is 0 Å². The van der Waals surface area contributed by atoms with Crippen LogP contribution in [-0.2, 0) is 6.61 Å². The molecule has 0 bridgehead atoms. The van der Waals surface area contributed by atoms with Gasteiger partial charge in [-0.25, -0.2) is 4.39 Å². The van der Waals surface area contributed by atoms with Crippen molar-refractivity contribution in [3.05, 3.63) is 66.0 Å². The van der Waals surface area contributed by atoms with Crippen molar-refractivity contribution in [2.45, 2.75) is 6.61 Å². The smallest absolute Gasteiger partial charge is 0.123 e. The molecule has 0 aliphatic rings. The van der Waals surface area contributed by atoms with E-state index in [9.17, 15) is 4.39 Å². The second kappa shape index (κ2) is 4.60. The molecule has 2 heteroatoms. The van der Waals surface area contributed by atoms with Crippen LogP contribution in [0.5, 0.6) is 5.75 Å². The minimum absolute atomic E-state index is 0.229. The predicted molar refractivity (Wildman–Crippen MR) is 56.0 cm³/mol. The van der Waals surface area contributed by atoms with E-state index in [1.165, 1.54) is 12.1 Å². The number of benzene rings is 2. The summed E-state index contributed by atoms with van der Waals surface area (Å²) in [5, 5.41) is 0. The number of hydrogen-bond donors (Lipinski definition) is 0. The molecule has 75 valence electrons. The molecule has 1 nitrogen and oxygen atoms in total. The standard InChI is InChI=1S/C13H10FO/c14-12-8-6-11(7-9-12)10-15-13-4-2-1-3-5-13/h2-9H,10H2. The number of rotatable bonds is 3. The molecular formula is C13H10FO. The average molecular weight is 201 g/mol. The van der Waals surface area contributed by atoms with E-state index >= 15 is 0 Å². The molecule has 0 fully saturated rings. The first-order chi connectivity index (χ1) is 7.34. The minimum Gasteiger partial charge on any atom is -0.489 e. The molecule has 0 amide bonds. The summed E-state index contributed by atoms with van der Waals surface area (Å²) in [4.78, 5) is 0. The monoisotopic (exact) mass is 201 g/mol. The van der Waals surface area contributed by atoms with Crippen LogP contribution in [0.3, 0.4) is 0 Å². The van der Waals surface area contributed by atoms with Gasteiger partial charge in [0.05, 0.1) is 0 Å². The molecule has 2 rings (SSSR count).